The van der Waals surface area contributed by atoms with Gasteiger partial charge in [-0.25, -0.2) is 9.37 Å². The molecule has 1 aliphatic rings. The van der Waals surface area contributed by atoms with Crippen molar-refractivity contribution < 1.29 is 18.7 Å². The molecule has 9 heteroatoms. The Balaban J connectivity index is 1.50. The summed E-state index contributed by atoms with van der Waals surface area (Å²) in [5, 5.41) is 3.09. The van der Waals surface area contributed by atoms with Gasteiger partial charge in [-0.15, -0.1) is 0 Å². The first kappa shape index (κ1) is 23.0. The molecular weight excluding hydrogens is 423 g/mol. The lowest BCUT2D eigenvalue weighted by molar-refractivity contribution is -0.130. The van der Waals surface area contributed by atoms with Crippen LogP contribution in [0.15, 0.2) is 36.5 Å². The van der Waals surface area contributed by atoms with Gasteiger partial charge in [0.15, 0.2) is 0 Å². The van der Waals surface area contributed by atoms with Crippen molar-refractivity contribution in [3.63, 3.8) is 0 Å². The van der Waals surface area contributed by atoms with Crippen LogP contribution in [0.5, 0.6) is 0 Å². The van der Waals surface area contributed by atoms with Crippen molar-refractivity contribution in [1.82, 2.24) is 15.2 Å². The number of benzene rings is 1. The van der Waals surface area contributed by atoms with Gasteiger partial charge in [0.25, 0.3) is 5.91 Å². The molecule has 7 nitrogen and oxygen atoms in total. The number of pyridine rings is 1. The van der Waals surface area contributed by atoms with E-state index in [0.717, 1.165) is 12.2 Å². The molecule has 0 unspecified atom stereocenters. The van der Waals surface area contributed by atoms with Gasteiger partial charge < -0.3 is 19.9 Å². The number of anilines is 1. The first-order valence-corrected chi connectivity index (χ1v) is 10.6. The minimum atomic E-state index is -0.466. The van der Waals surface area contributed by atoms with Crippen molar-refractivity contribution in [1.29, 1.82) is 0 Å². The molecule has 0 saturated carbocycles. The molecule has 1 aromatic heterocycles. The summed E-state index contributed by atoms with van der Waals surface area (Å²) in [4.78, 5) is 32.9. The molecular formula is C22H26ClFN4O3. The van der Waals surface area contributed by atoms with Gasteiger partial charge >= 0.3 is 0 Å². The Morgan fingerprint density at radius 3 is 2.61 bits per heavy atom. The molecule has 1 fully saturated rings. The molecule has 0 aliphatic carbocycles. The molecule has 1 aromatic carbocycles. The summed E-state index contributed by atoms with van der Waals surface area (Å²) < 4.78 is 18.9. The van der Waals surface area contributed by atoms with Crippen molar-refractivity contribution in [3.05, 3.63) is 58.5 Å². The predicted octanol–water partition coefficient (Wildman–Crippen LogP) is 2.53. The van der Waals surface area contributed by atoms with Gasteiger partial charge in [-0.2, -0.15) is 0 Å². The summed E-state index contributed by atoms with van der Waals surface area (Å²) in [5.74, 6) is -0.0378. The second kappa shape index (κ2) is 11.1. The number of carbonyl (C=O) groups excluding carboxylic acids is 2. The van der Waals surface area contributed by atoms with E-state index in [0.29, 0.717) is 44.9 Å². The van der Waals surface area contributed by atoms with Crippen molar-refractivity contribution >= 4 is 29.2 Å². The Morgan fingerprint density at radius 2 is 1.97 bits per heavy atom. The number of nitrogens with zero attached hydrogens (tertiary/aromatic N) is 3. The summed E-state index contributed by atoms with van der Waals surface area (Å²) >= 11 is 6.03. The van der Waals surface area contributed by atoms with Crippen LogP contribution in [0.25, 0.3) is 0 Å². The fourth-order valence-corrected chi connectivity index (χ4v) is 3.61. The first-order valence-electron chi connectivity index (χ1n) is 10.2. The van der Waals surface area contributed by atoms with Crippen LogP contribution in [0.3, 0.4) is 0 Å². The van der Waals surface area contributed by atoms with Gasteiger partial charge in [0.1, 0.15) is 11.6 Å². The predicted molar refractivity (Wildman–Crippen MR) is 117 cm³/mol. The Bertz CT molecular complexity index is 882. The number of rotatable bonds is 8. The van der Waals surface area contributed by atoms with Gasteiger partial charge in [0, 0.05) is 63.2 Å². The molecule has 3 rings (SSSR count). The quantitative estimate of drug-likeness (QED) is 0.628. The average molecular weight is 449 g/mol. The number of methoxy groups -OCH3 is 1. The highest BCUT2D eigenvalue weighted by Crippen LogP contribution is 2.21. The lowest BCUT2D eigenvalue weighted by Crippen LogP contribution is -2.49. The van der Waals surface area contributed by atoms with Gasteiger partial charge in [0.05, 0.1) is 12.0 Å². The van der Waals surface area contributed by atoms with Crippen LogP contribution >= 0.6 is 11.6 Å². The number of piperazine rings is 1. The fraction of sp³-hybridized carbons (Fsp3) is 0.409. The first-order chi connectivity index (χ1) is 15.0. The van der Waals surface area contributed by atoms with E-state index >= 15 is 0 Å². The number of amides is 2. The zero-order valence-corrected chi connectivity index (χ0v) is 18.2. The maximum absolute atomic E-state index is 13.9. The molecule has 1 aliphatic heterocycles. The van der Waals surface area contributed by atoms with Crippen LogP contribution in [-0.4, -0.2) is 68.1 Å². The van der Waals surface area contributed by atoms with E-state index in [9.17, 15) is 14.0 Å². The number of aromatic nitrogens is 1. The molecule has 1 N–H and O–H groups in total. The molecule has 0 bridgehead atoms. The van der Waals surface area contributed by atoms with E-state index in [1.165, 1.54) is 12.1 Å². The molecule has 2 heterocycles. The van der Waals surface area contributed by atoms with Crippen molar-refractivity contribution in [3.8, 4) is 0 Å². The van der Waals surface area contributed by atoms with Crippen LogP contribution in [0.1, 0.15) is 22.3 Å². The van der Waals surface area contributed by atoms with E-state index in [4.69, 9.17) is 16.3 Å². The SMILES string of the molecule is COCCCNC(=O)c1ccc(N2CCN(C(=O)Cc3c(F)cccc3Cl)CC2)nc1. The molecule has 166 valence electrons. The smallest absolute Gasteiger partial charge is 0.252 e. The van der Waals surface area contributed by atoms with E-state index in [-0.39, 0.29) is 28.8 Å². The molecule has 0 atom stereocenters. The maximum atomic E-state index is 13.9. The monoisotopic (exact) mass is 448 g/mol. The Kier molecular flexibility index (Phi) is 8.20. The molecule has 2 aromatic rings. The number of ether oxygens (including phenoxy) is 1. The highest BCUT2D eigenvalue weighted by Gasteiger charge is 2.23. The topological polar surface area (TPSA) is 74.8 Å². The third-order valence-corrected chi connectivity index (χ3v) is 5.52. The van der Waals surface area contributed by atoms with Crippen LogP contribution in [0.2, 0.25) is 5.02 Å². The van der Waals surface area contributed by atoms with Crippen LogP contribution in [0, 0.1) is 5.82 Å². The number of nitrogens with one attached hydrogen (secondary N) is 1. The van der Waals surface area contributed by atoms with Crippen molar-refractivity contribution in [2.75, 3.05) is 51.3 Å². The molecule has 0 spiro atoms. The van der Waals surface area contributed by atoms with E-state index in [1.807, 2.05) is 0 Å². The normalized spacial score (nSPS) is 13.9. The largest absolute Gasteiger partial charge is 0.385 e. The summed E-state index contributed by atoms with van der Waals surface area (Å²) in [6.07, 6.45) is 2.25. The van der Waals surface area contributed by atoms with Crippen LogP contribution in [0.4, 0.5) is 10.2 Å². The molecule has 31 heavy (non-hydrogen) atoms. The summed E-state index contributed by atoms with van der Waals surface area (Å²) in [6, 6.07) is 7.96. The Hall–Kier alpha value is -2.71. The highest BCUT2D eigenvalue weighted by molar-refractivity contribution is 6.31. The van der Waals surface area contributed by atoms with E-state index < -0.39 is 5.82 Å². The third-order valence-electron chi connectivity index (χ3n) is 5.17. The average Bonchev–Trinajstić information content (AvgIpc) is 2.79. The van der Waals surface area contributed by atoms with Crippen LogP contribution in [-0.2, 0) is 16.0 Å². The lowest BCUT2D eigenvalue weighted by Gasteiger charge is -2.35. The minimum Gasteiger partial charge on any atom is -0.385 e. The van der Waals surface area contributed by atoms with Gasteiger partial charge in [-0.1, -0.05) is 17.7 Å². The zero-order valence-electron chi connectivity index (χ0n) is 17.4. The zero-order chi connectivity index (χ0) is 22.2. The molecule has 0 radical (unpaired) electrons. The minimum absolute atomic E-state index is 0.0576. The second-order valence-corrected chi connectivity index (χ2v) is 7.66. The lowest BCUT2D eigenvalue weighted by atomic mass is 10.1. The number of hydrogen-bond acceptors (Lipinski definition) is 5. The third kappa shape index (κ3) is 6.15. The number of halogens is 2. The fourth-order valence-electron chi connectivity index (χ4n) is 3.38. The second-order valence-electron chi connectivity index (χ2n) is 7.25. The number of hydrogen-bond donors (Lipinski definition) is 1. The Morgan fingerprint density at radius 1 is 1.19 bits per heavy atom. The standard InChI is InChI=1S/C22H26ClFN4O3/c1-31-13-3-8-25-22(30)16-6-7-20(26-15-16)27-9-11-28(12-10-27)21(29)14-17-18(23)4-2-5-19(17)24/h2,4-7,15H,3,8-14H2,1H3,(H,25,30). The van der Waals surface area contributed by atoms with E-state index in [1.54, 1.807) is 36.4 Å². The van der Waals surface area contributed by atoms with E-state index in [2.05, 4.69) is 15.2 Å². The van der Waals surface area contributed by atoms with Crippen molar-refractivity contribution in [2.45, 2.75) is 12.8 Å². The van der Waals surface area contributed by atoms with Gasteiger partial charge in [-0.3, -0.25) is 9.59 Å². The number of carbonyl (C=O) groups is 2. The summed E-state index contributed by atoms with van der Waals surface area (Å²) in [7, 11) is 1.62. The van der Waals surface area contributed by atoms with Crippen LogP contribution < -0.4 is 10.2 Å². The van der Waals surface area contributed by atoms with Gasteiger partial charge in [0.2, 0.25) is 5.91 Å². The van der Waals surface area contributed by atoms with Crippen molar-refractivity contribution in [2.24, 2.45) is 0 Å². The Labute approximate surface area is 186 Å². The molecule has 1 saturated heterocycles. The highest BCUT2D eigenvalue weighted by atomic mass is 35.5. The summed E-state index contributed by atoms with van der Waals surface area (Å²) in [6.45, 7) is 3.36. The van der Waals surface area contributed by atoms with Gasteiger partial charge in [-0.05, 0) is 30.7 Å². The summed E-state index contributed by atoms with van der Waals surface area (Å²) in [5.41, 5.74) is 0.728. The molecule has 2 amide bonds. The maximum Gasteiger partial charge on any atom is 0.252 e.